The third-order valence-electron chi connectivity index (χ3n) is 2.64. The minimum atomic E-state index is -4.84. The number of carbonyl (C=O) groups excluding carboxylic acids is 1. The highest BCUT2D eigenvalue weighted by molar-refractivity contribution is 6.18. The van der Waals surface area contributed by atoms with Crippen molar-refractivity contribution < 1.29 is 22.4 Å². The van der Waals surface area contributed by atoms with Gasteiger partial charge in [0, 0.05) is 12.4 Å². The van der Waals surface area contributed by atoms with Crippen LogP contribution in [0.25, 0.3) is 0 Å². The summed E-state index contributed by atoms with van der Waals surface area (Å²) in [6.07, 6.45) is -4.84. The molecule has 0 heterocycles. The predicted octanol–water partition coefficient (Wildman–Crippen LogP) is 3.84. The van der Waals surface area contributed by atoms with Gasteiger partial charge in [-0.3, -0.25) is 4.79 Å². The molecule has 7 heteroatoms. The third kappa shape index (κ3) is 4.10. The Kier molecular flexibility index (Phi) is 5.02. The number of hydrogen-bond acceptors (Lipinski definition) is 1. The topological polar surface area (TPSA) is 29.1 Å². The molecule has 0 spiro atoms. The molecular weight excluding hydrogens is 298 g/mol. The SMILES string of the molecule is CC(C)(CCl)CNC(=O)c1cccc(C(F)(F)F)c1F. The minimum Gasteiger partial charge on any atom is -0.351 e. The van der Waals surface area contributed by atoms with E-state index < -0.39 is 34.4 Å². The maximum Gasteiger partial charge on any atom is 0.419 e. The summed E-state index contributed by atoms with van der Waals surface area (Å²) in [5.74, 6) is -2.22. The Morgan fingerprint density at radius 3 is 2.40 bits per heavy atom. The van der Waals surface area contributed by atoms with E-state index in [9.17, 15) is 22.4 Å². The van der Waals surface area contributed by atoms with Crippen LogP contribution in [0.1, 0.15) is 29.8 Å². The summed E-state index contributed by atoms with van der Waals surface area (Å²) >= 11 is 5.66. The number of nitrogens with one attached hydrogen (secondary N) is 1. The van der Waals surface area contributed by atoms with Crippen molar-refractivity contribution in [3.05, 3.63) is 35.1 Å². The molecule has 0 atom stereocenters. The van der Waals surface area contributed by atoms with Gasteiger partial charge in [0.15, 0.2) is 0 Å². The fourth-order valence-electron chi connectivity index (χ4n) is 1.39. The quantitative estimate of drug-likeness (QED) is 0.664. The molecule has 0 aromatic heterocycles. The molecule has 20 heavy (non-hydrogen) atoms. The van der Waals surface area contributed by atoms with Crippen molar-refractivity contribution >= 4 is 17.5 Å². The lowest BCUT2D eigenvalue weighted by atomic mass is 9.96. The molecule has 1 N–H and O–H groups in total. The summed E-state index contributed by atoms with van der Waals surface area (Å²) in [7, 11) is 0. The second-order valence-electron chi connectivity index (χ2n) is 5.15. The zero-order valence-corrected chi connectivity index (χ0v) is 11.7. The number of halogens is 5. The van der Waals surface area contributed by atoms with E-state index in [4.69, 9.17) is 11.6 Å². The van der Waals surface area contributed by atoms with Gasteiger partial charge in [-0.2, -0.15) is 13.2 Å². The summed E-state index contributed by atoms with van der Waals surface area (Å²) in [6, 6.07) is 2.59. The van der Waals surface area contributed by atoms with Gasteiger partial charge in [-0.15, -0.1) is 11.6 Å². The third-order valence-corrected chi connectivity index (χ3v) is 3.36. The molecule has 1 amide bonds. The lowest BCUT2D eigenvalue weighted by Gasteiger charge is -2.21. The van der Waals surface area contributed by atoms with E-state index in [0.29, 0.717) is 6.07 Å². The van der Waals surface area contributed by atoms with Crippen LogP contribution in [0.4, 0.5) is 17.6 Å². The summed E-state index contributed by atoms with van der Waals surface area (Å²) in [5.41, 5.74) is -2.53. The second kappa shape index (κ2) is 5.99. The van der Waals surface area contributed by atoms with Crippen LogP contribution in [0, 0.1) is 11.2 Å². The molecule has 0 aliphatic carbocycles. The van der Waals surface area contributed by atoms with Gasteiger partial charge >= 0.3 is 6.18 Å². The van der Waals surface area contributed by atoms with Crippen molar-refractivity contribution in [1.82, 2.24) is 5.32 Å². The van der Waals surface area contributed by atoms with E-state index in [2.05, 4.69) is 5.32 Å². The smallest absolute Gasteiger partial charge is 0.351 e. The van der Waals surface area contributed by atoms with E-state index in [1.54, 1.807) is 13.8 Å². The van der Waals surface area contributed by atoms with Crippen LogP contribution in [-0.4, -0.2) is 18.3 Å². The van der Waals surface area contributed by atoms with Crippen LogP contribution in [0.3, 0.4) is 0 Å². The number of benzene rings is 1. The fraction of sp³-hybridized carbons (Fsp3) is 0.462. The van der Waals surface area contributed by atoms with Crippen LogP contribution < -0.4 is 5.32 Å². The van der Waals surface area contributed by atoms with Crippen molar-refractivity contribution in [2.45, 2.75) is 20.0 Å². The molecule has 2 nitrogen and oxygen atoms in total. The van der Waals surface area contributed by atoms with Crippen LogP contribution in [-0.2, 0) is 6.18 Å². The highest BCUT2D eigenvalue weighted by atomic mass is 35.5. The molecule has 0 fully saturated rings. The number of alkyl halides is 4. The Bertz CT molecular complexity index is 500. The van der Waals surface area contributed by atoms with E-state index in [0.717, 1.165) is 12.1 Å². The van der Waals surface area contributed by atoms with E-state index in [1.165, 1.54) is 0 Å². The van der Waals surface area contributed by atoms with Gasteiger partial charge in [0.1, 0.15) is 5.82 Å². The maximum atomic E-state index is 13.7. The molecule has 0 aliphatic rings. The molecule has 0 saturated carbocycles. The first-order valence-electron chi connectivity index (χ1n) is 5.78. The number of carbonyl (C=O) groups is 1. The van der Waals surface area contributed by atoms with Gasteiger partial charge < -0.3 is 5.32 Å². The number of amides is 1. The molecule has 0 radical (unpaired) electrons. The second-order valence-corrected chi connectivity index (χ2v) is 5.41. The molecular formula is C13H14ClF4NO. The average molecular weight is 312 g/mol. The zero-order chi connectivity index (χ0) is 15.6. The van der Waals surface area contributed by atoms with E-state index in [1.807, 2.05) is 0 Å². The summed E-state index contributed by atoms with van der Waals surface area (Å²) in [4.78, 5) is 11.7. The van der Waals surface area contributed by atoms with Crippen LogP contribution in [0.5, 0.6) is 0 Å². The lowest BCUT2D eigenvalue weighted by Crippen LogP contribution is -2.35. The molecule has 0 unspecified atom stereocenters. The van der Waals surface area contributed by atoms with Crippen LogP contribution in [0.2, 0.25) is 0 Å². The highest BCUT2D eigenvalue weighted by Gasteiger charge is 2.35. The fourth-order valence-corrected chi connectivity index (χ4v) is 1.48. The average Bonchev–Trinajstić information content (AvgIpc) is 2.35. The summed E-state index contributed by atoms with van der Waals surface area (Å²) < 4.78 is 51.3. The minimum absolute atomic E-state index is 0.130. The van der Waals surface area contributed by atoms with Gasteiger partial charge in [0.25, 0.3) is 5.91 Å². The normalized spacial score (nSPS) is 12.3. The highest BCUT2D eigenvalue weighted by Crippen LogP contribution is 2.32. The van der Waals surface area contributed by atoms with Crippen LogP contribution in [0.15, 0.2) is 18.2 Å². The number of rotatable bonds is 4. The van der Waals surface area contributed by atoms with Crippen molar-refractivity contribution in [3.8, 4) is 0 Å². The van der Waals surface area contributed by atoms with Gasteiger partial charge in [-0.25, -0.2) is 4.39 Å². The summed E-state index contributed by atoms with van der Waals surface area (Å²) in [5, 5.41) is 2.38. The molecule has 1 aromatic carbocycles. The maximum absolute atomic E-state index is 13.7. The Labute approximate surface area is 119 Å². The molecule has 112 valence electrons. The van der Waals surface area contributed by atoms with Crippen molar-refractivity contribution in [2.24, 2.45) is 5.41 Å². The molecule has 0 aliphatic heterocycles. The van der Waals surface area contributed by atoms with Gasteiger partial charge in [0.2, 0.25) is 0 Å². The first-order valence-corrected chi connectivity index (χ1v) is 6.32. The Morgan fingerprint density at radius 1 is 1.30 bits per heavy atom. The van der Waals surface area contributed by atoms with Gasteiger partial charge in [-0.05, 0) is 17.5 Å². The first-order chi connectivity index (χ1) is 9.08. The largest absolute Gasteiger partial charge is 0.419 e. The zero-order valence-electron chi connectivity index (χ0n) is 10.9. The monoisotopic (exact) mass is 311 g/mol. The lowest BCUT2D eigenvalue weighted by molar-refractivity contribution is -0.140. The van der Waals surface area contributed by atoms with Crippen molar-refractivity contribution in [3.63, 3.8) is 0 Å². The Balaban J connectivity index is 2.95. The number of hydrogen-bond donors (Lipinski definition) is 1. The molecule has 0 saturated heterocycles. The standard InChI is InChI=1S/C13H14ClF4NO/c1-12(2,6-14)7-19-11(20)8-4-3-5-9(10(8)15)13(16,17)18/h3-5H,6-7H2,1-2H3,(H,19,20). The van der Waals surface area contributed by atoms with E-state index in [-0.39, 0.29) is 12.4 Å². The molecule has 1 aromatic rings. The molecule has 1 rings (SSSR count). The van der Waals surface area contributed by atoms with E-state index >= 15 is 0 Å². The molecule has 0 bridgehead atoms. The first kappa shape index (κ1) is 16.8. The Hall–Kier alpha value is -1.30. The summed E-state index contributed by atoms with van der Waals surface area (Å²) in [6.45, 7) is 3.66. The van der Waals surface area contributed by atoms with Gasteiger partial charge in [0.05, 0.1) is 11.1 Å². The van der Waals surface area contributed by atoms with Gasteiger partial charge in [-0.1, -0.05) is 19.9 Å². The Morgan fingerprint density at radius 2 is 1.90 bits per heavy atom. The van der Waals surface area contributed by atoms with Crippen molar-refractivity contribution in [2.75, 3.05) is 12.4 Å². The predicted molar refractivity (Wildman–Crippen MR) is 68.2 cm³/mol. The van der Waals surface area contributed by atoms with Crippen LogP contribution >= 0.6 is 11.6 Å². The van der Waals surface area contributed by atoms with Crippen molar-refractivity contribution in [1.29, 1.82) is 0 Å².